The van der Waals surface area contributed by atoms with E-state index < -0.39 is 58.3 Å². The first-order chi connectivity index (χ1) is 15.0. The number of nitrogen functional groups attached to an aromatic ring is 1. The molecule has 3 aliphatic rings. The van der Waals surface area contributed by atoms with Crippen molar-refractivity contribution in [3.8, 4) is 0 Å². The van der Waals surface area contributed by atoms with Crippen LogP contribution in [0.1, 0.15) is 47.6 Å². The number of anilines is 2. The van der Waals surface area contributed by atoms with Crippen LogP contribution in [-0.4, -0.2) is 46.6 Å². The van der Waals surface area contributed by atoms with Gasteiger partial charge in [-0.25, -0.2) is 18.0 Å². The van der Waals surface area contributed by atoms with Crippen molar-refractivity contribution < 1.29 is 23.1 Å². The summed E-state index contributed by atoms with van der Waals surface area (Å²) in [5.74, 6) is -2.86. The molecular formula is C22H25F3N4O3. The van der Waals surface area contributed by atoms with Crippen molar-refractivity contribution in [3.05, 3.63) is 33.4 Å². The van der Waals surface area contributed by atoms with Crippen LogP contribution in [0.2, 0.25) is 0 Å². The molecule has 1 saturated heterocycles. The van der Waals surface area contributed by atoms with Crippen LogP contribution in [0.25, 0.3) is 10.9 Å². The van der Waals surface area contributed by atoms with Crippen LogP contribution in [0.5, 0.6) is 0 Å². The van der Waals surface area contributed by atoms with Gasteiger partial charge in [-0.1, -0.05) is 0 Å². The van der Waals surface area contributed by atoms with Gasteiger partial charge in [-0.15, -0.1) is 0 Å². The second kappa shape index (κ2) is 6.87. The third-order valence-electron chi connectivity index (χ3n) is 7.52. The van der Waals surface area contributed by atoms with Gasteiger partial charge in [0.1, 0.15) is 17.9 Å². The molecule has 3 fully saturated rings. The fourth-order valence-electron chi connectivity index (χ4n) is 5.45. The Labute approximate surface area is 181 Å². The molecule has 5 rings (SSSR count). The number of nitrogens with zero attached hydrogens (tertiary/aromatic N) is 2. The quantitative estimate of drug-likeness (QED) is 0.617. The molecule has 2 aliphatic carbocycles. The molecule has 2 heterocycles. The molecule has 0 spiro atoms. The van der Waals surface area contributed by atoms with Gasteiger partial charge in [0.25, 0.3) is 0 Å². The lowest BCUT2D eigenvalue weighted by atomic mass is 9.68. The first kappa shape index (κ1) is 21.1. The van der Waals surface area contributed by atoms with Gasteiger partial charge >= 0.3 is 5.97 Å². The van der Waals surface area contributed by atoms with Crippen molar-refractivity contribution in [1.29, 1.82) is 0 Å². The molecule has 0 radical (unpaired) electrons. The summed E-state index contributed by atoms with van der Waals surface area (Å²) >= 11 is 0. The van der Waals surface area contributed by atoms with Crippen molar-refractivity contribution in [2.45, 2.75) is 56.5 Å². The fraction of sp³-hybridized carbons (Fsp3) is 0.545. The van der Waals surface area contributed by atoms with E-state index in [0.29, 0.717) is 18.4 Å². The van der Waals surface area contributed by atoms with Crippen molar-refractivity contribution in [1.82, 2.24) is 4.57 Å². The Hall–Kier alpha value is -2.75. The molecule has 32 heavy (non-hydrogen) atoms. The number of carboxylic acids is 1. The first-order valence-corrected chi connectivity index (χ1v) is 10.8. The van der Waals surface area contributed by atoms with Crippen molar-refractivity contribution in [2.75, 3.05) is 23.7 Å². The zero-order valence-electron chi connectivity index (χ0n) is 17.6. The van der Waals surface area contributed by atoms with E-state index in [0.717, 1.165) is 12.6 Å². The Bertz CT molecular complexity index is 1210. The van der Waals surface area contributed by atoms with Crippen LogP contribution in [0, 0.1) is 18.7 Å². The summed E-state index contributed by atoms with van der Waals surface area (Å²) in [5, 5.41) is 9.15. The predicted molar refractivity (Wildman–Crippen MR) is 114 cm³/mol. The van der Waals surface area contributed by atoms with E-state index in [1.54, 1.807) is 11.8 Å². The summed E-state index contributed by atoms with van der Waals surface area (Å²) in [4.78, 5) is 26.0. The zero-order valence-corrected chi connectivity index (χ0v) is 17.6. The maximum Gasteiger partial charge on any atom is 0.341 e. The second-order valence-corrected chi connectivity index (χ2v) is 9.44. The van der Waals surface area contributed by atoms with Gasteiger partial charge in [-0.3, -0.25) is 4.79 Å². The minimum absolute atomic E-state index is 0.0513. The van der Waals surface area contributed by atoms with E-state index in [1.165, 1.54) is 4.57 Å². The van der Waals surface area contributed by atoms with Crippen molar-refractivity contribution >= 4 is 28.2 Å². The van der Waals surface area contributed by atoms with Gasteiger partial charge in [0.2, 0.25) is 5.43 Å². The predicted octanol–water partition coefficient (Wildman–Crippen LogP) is 2.67. The number of hydrogen-bond donors (Lipinski definition) is 3. The Balaban J connectivity index is 1.71. The Morgan fingerprint density at radius 3 is 2.44 bits per heavy atom. The average Bonchev–Trinajstić information content (AvgIpc) is 3.31. The van der Waals surface area contributed by atoms with Crippen LogP contribution in [0.3, 0.4) is 0 Å². The average molecular weight is 450 g/mol. The summed E-state index contributed by atoms with van der Waals surface area (Å²) in [6.45, 7) is 1.69. The molecule has 2 aromatic rings. The molecule has 1 aromatic heterocycles. The van der Waals surface area contributed by atoms with Gasteiger partial charge in [0.15, 0.2) is 5.82 Å². The lowest BCUT2D eigenvalue weighted by Crippen LogP contribution is -2.56. The lowest BCUT2D eigenvalue weighted by molar-refractivity contribution is 0.0694. The number of carboxylic acid groups (broad SMARTS) is 1. The summed E-state index contributed by atoms with van der Waals surface area (Å²) in [7, 11) is 0. The molecule has 0 amide bonds. The van der Waals surface area contributed by atoms with E-state index in [1.807, 2.05) is 0 Å². The van der Waals surface area contributed by atoms with Crippen LogP contribution < -0.4 is 21.8 Å². The minimum Gasteiger partial charge on any atom is -0.477 e. The van der Waals surface area contributed by atoms with E-state index in [2.05, 4.69) is 0 Å². The molecule has 5 N–H and O–H groups in total. The number of pyridine rings is 1. The summed E-state index contributed by atoms with van der Waals surface area (Å²) in [6, 6.07) is -0.671. The first-order valence-electron chi connectivity index (χ1n) is 10.8. The SMILES string of the molecule is Cc1c(N2C[C@@H](F)[C@@H](C3(N)CCC3)C2)c(F)c(N)c2c(=O)c(C(=O)O)cn([C@@H]3C[C@@H]3F)c12. The Kier molecular flexibility index (Phi) is 4.53. The van der Waals surface area contributed by atoms with Crippen LogP contribution in [0.15, 0.2) is 11.0 Å². The van der Waals surface area contributed by atoms with Crippen LogP contribution in [0.4, 0.5) is 24.5 Å². The highest BCUT2D eigenvalue weighted by Crippen LogP contribution is 2.47. The van der Waals surface area contributed by atoms with Gasteiger partial charge in [-0.05, 0) is 31.7 Å². The molecule has 172 valence electrons. The highest BCUT2D eigenvalue weighted by Gasteiger charge is 2.50. The number of hydrogen-bond acceptors (Lipinski definition) is 5. The number of aromatic nitrogens is 1. The summed E-state index contributed by atoms with van der Waals surface area (Å²) in [5.41, 5.74) is 10.3. The standard InChI is InChI=1S/C22H25F3N4O3/c1-9-18-15(20(30)10(21(31)32)6-29(18)14-5-12(14)23)17(26)16(25)19(9)28-7-11(13(24)8-28)22(27)3-2-4-22/h6,11-14H,2-5,7-8,26-27H2,1H3,(H,31,32)/t11-,12-,13+,14+/m0/s1. The molecule has 0 bridgehead atoms. The zero-order chi connectivity index (χ0) is 23.1. The number of halogens is 3. The molecule has 1 aromatic carbocycles. The molecule has 2 saturated carbocycles. The van der Waals surface area contributed by atoms with Gasteiger partial charge < -0.3 is 26.0 Å². The van der Waals surface area contributed by atoms with Crippen LogP contribution >= 0.6 is 0 Å². The molecule has 0 unspecified atom stereocenters. The molecule has 4 atom stereocenters. The number of benzene rings is 1. The number of rotatable bonds is 4. The number of aryl methyl sites for hydroxylation is 1. The van der Waals surface area contributed by atoms with E-state index in [-0.39, 0.29) is 36.1 Å². The normalized spacial score (nSPS) is 28.7. The molecule has 10 heteroatoms. The van der Waals surface area contributed by atoms with Gasteiger partial charge in [0.05, 0.1) is 28.3 Å². The van der Waals surface area contributed by atoms with Gasteiger partial charge in [0, 0.05) is 37.2 Å². The number of fused-ring (bicyclic) bond motifs is 1. The number of alkyl halides is 2. The van der Waals surface area contributed by atoms with E-state index >= 15 is 4.39 Å². The third-order valence-corrected chi connectivity index (χ3v) is 7.52. The smallest absolute Gasteiger partial charge is 0.341 e. The van der Waals surface area contributed by atoms with Crippen molar-refractivity contribution in [3.63, 3.8) is 0 Å². The fourth-order valence-corrected chi connectivity index (χ4v) is 5.45. The lowest BCUT2D eigenvalue weighted by Gasteiger charge is -2.43. The molecular weight excluding hydrogens is 425 g/mol. The maximum atomic E-state index is 15.5. The maximum absolute atomic E-state index is 15.5. The number of carbonyl (C=O) groups is 1. The number of aromatic carboxylic acids is 1. The summed E-state index contributed by atoms with van der Waals surface area (Å²) < 4.78 is 45.8. The topological polar surface area (TPSA) is 115 Å². The minimum atomic E-state index is -1.50. The second-order valence-electron chi connectivity index (χ2n) is 9.44. The highest BCUT2D eigenvalue weighted by atomic mass is 19.1. The van der Waals surface area contributed by atoms with E-state index in [4.69, 9.17) is 11.5 Å². The summed E-state index contributed by atoms with van der Waals surface area (Å²) in [6.07, 6.45) is 1.15. The Morgan fingerprint density at radius 1 is 1.25 bits per heavy atom. The number of nitrogens with two attached hydrogens (primary N) is 2. The highest BCUT2D eigenvalue weighted by molar-refractivity contribution is 6.01. The molecule has 1 aliphatic heterocycles. The van der Waals surface area contributed by atoms with E-state index in [9.17, 15) is 23.5 Å². The Morgan fingerprint density at radius 2 is 1.91 bits per heavy atom. The van der Waals surface area contributed by atoms with Crippen molar-refractivity contribution in [2.24, 2.45) is 11.7 Å². The third kappa shape index (κ3) is 2.84. The molecule has 7 nitrogen and oxygen atoms in total. The van der Waals surface area contributed by atoms with Gasteiger partial charge in [-0.2, -0.15) is 0 Å². The monoisotopic (exact) mass is 450 g/mol. The van der Waals surface area contributed by atoms with Crippen LogP contribution in [-0.2, 0) is 0 Å². The largest absolute Gasteiger partial charge is 0.477 e.